The second kappa shape index (κ2) is 11.5. The Bertz CT molecular complexity index is 1770. The Morgan fingerprint density at radius 3 is 2.37 bits per heavy atom. The van der Waals surface area contributed by atoms with Crippen molar-refractivity contribution in [3.05, 3.63) is 82.8 Å². The third-order valence-corrected chi connectivity index (χ3v) is 12.4. The van der Waals surface area contributed by atoms with Crippen molar-refractivity contribution in [2.75, 3.05) is 11.9 Å². The number of anilines is 1. The van der Waals surface area contributed by atoms with E-state index in [4.69, 9.17) is 11.6 Å². The maximum Gasteiger partial charge on any atom is 0.258 e. The van der Waals surface area contributed by atoms with Crippen LogP contribution in [0.2, 0.25) is 5.02 Å². The first kappa shape index (κ1) is 31.4. The molecule has 1 amide bonds. The summed E-state index contributed by atoms with van der Waals surface area (Å²) in [7, 11) is -8.19. The van der Waals surface area contributed by atoms with Gasteiger partial charge in [0.15, 0.2) is 32.3 Å². The monoisotopic (exact) mass is 657 g/mol. The Labute approximate surface area is 251 Å². The molecule has 5 rings (SSSR count). The highest BCUT2D eigenvalue weighted by Crippen LogP contribution is 2.54. The van der Waals surface area contributed by atoms with Crippen LogP contribution in [0.3, 0.4) is 0 Å². The van der Waals surface area contributed by atoms with Gasteiger partial charge < -0.3 is 10.4 Å². The molecule has 0 aliphatic heterocycles. The van der Waals surface area contributed by atoms with Gasteiger partial charge in [-0.2, -0.15) is 0 Å². The predicted octanol–water partition coefficient (Wildman–Crippen LogP) is 4.32. The van der Waals surface area contributed by atoms with Crippen LogP contribution in [0, 0.1) is 35.2 Å². The van der Waals surface area contributed by atoms with Crippen LogP contribution in [0.25, 0.3) is 0 Å². The van der Waals surface area contributed by atoms with Crippen molar-refractivity contribution in [3.63, 3.8) is 0 Å². The molecule has 15 heteroatoms. The van der Waals surface area contributed by atoms with E-state index in [1.54, 1.807) is 6.07 Å². The number of aromatic nitrogens is 1. The Morgan fingerprint density at radius 2 is 1.74 bits per heavy atom. The average molecular weight is 658 g/mol. The number of rotatable bonds is 8. The molecule has 3 aromatic rings. The topological polar surface area (TPSA) is 143 Å². The van der Waals surface area contributed by atoms with Gasteiger partial charge in [-0.3, -0.25) is 4.79 Å². The van der Waals surface area contributed by atoms with Gasteiger partial charge in [-0.25, -0.2) is 39.7 Å². The molecule has 1 heterocycles. The molecule has 2 bridgehead atoms. The van der Waals surface area contributed by atoms with E-state index in [9.17, 15) is 39.9 Å². The van der Waals surface area contributed by atoms with Crippen LogP contribution in [0.4, 0.5) is 18.9 Å². The first-order valence-electron chi connectivity index (χ1n) is 13.3. The highest BCUT2D eigenvalue weighted by molar-refractivity contribution is 7.92. The van der Waals surface area contributed by atoms with E-state index in [-0.39, 0.29) is 51.5 Å². The maximum atomic E-state index is 13.8. The van der Waals surface area contributed by atoms with Gasteiger partial charge in [0.25, 0.3) is 15.9 Å². The zero-order valence-electron chi connectivity index (χ0n) is 22.6. The quantitative estimate of drug-likeness (QED) is 0.306. The number of fused-ring (bicyclic) bond motifs is 2. The molecule has 9 nitrogen and oxygen atoms in total. The van der Waals surface area contributed by atoms with E-state index < -0.39 is 65.9 Å². The molecular weight excluding hydrogens is 631 g/mol. The molecule has 0 spiro atoms. The average Bonchev–Trinajstić information content (AvgIpc) is 3.07. The van der Waals surface area contributed by atoms with E-state index >= 15 is 0 Å². The number of hydrogen-bond acceptors (Lipinski definition) is 7. The third-order valence-electron chi connectivity index (χ3n) is 8.40. The number of halogens is 4. The molecule has 230 valence electrons. The van der Waals surface area contributed by atoms with Gasteiger partial charge in [0.05, 0.1) is 20.8 Å². The minimum atomic E-state index is -4.17. The van der Waals surface area contributed by atoms with Gasteiger partial charge in [-0.15, -0.1) is 0 Å². The summed E-state index contributed by atoms with van der Waals surface area (Å²) in [6.45, 7) is 1.55. The molecule has 0 saturated heterocycles. The molecule has 1 unspecified atom stereocenters. The number of carbonyl (C=O) groups excluding carboxylic acids is 1. The fraction of sp³-hybridized carbons (Fsp3) is 0.357. The minimum absolute atomic E-state index is 0.0166. The largest absolute Gasteiger partial charge is 0.388 e. The van der Waals surface area contributed by atoms with Gasteiger partial charge in [0, 0.05) is 36.1 Å². The highest BCUT2D eigenvalue weighted by atomic mass is 35.5. The van der Waals surface area contributed by atoms with Crippen molar-refractivity contribution in [2.24, 2.45) is 17.8 Å². The van der Waals surface area contributed by atoms with Crippen molar-refractivity contribution in [3.8, 4) is 0 Å². The lowest BCUT2D eigenvalue weighted by atomic mass is 9.73. The maximum absolute atomic E-state index is 13.8. The number of carbonyl (C=O) groups is 1. The number of nitrogens with one attached hydrogen (secondary N) is 2. The molecule has 2 aliphatic carbocycles. The summed E-state index contributed by atoms with van der Waals surface area (Å²) in [6, 6.07) is 9.06. The zero-order chi connectivity index (χ0) is 31.3. The second-order valence-corrected chi connectivity index (χ2v) is 15.3. The molecule has 2 aromatic carbocycles. The molecule has 2 saturated carbocycles. The summed E-state index contributed by atoms with van der Waals surface area (Å²) in [6.07, 6.45) is 1.84. The predicted molar refractivity (Wildman–Crippen MR) is 151 cm³/mol. The summed E-state index contributed by atoms with van der Waals surface area (Å²) >= 11 is 6.27. The molecule has 43 heavy (non-hydrogen) atoms. The van der Waals surface area contributed by atoms with Gasteiger partial charge in [0.2, 0.25) is 0 Å². The first-order chi connectivity index (χ1) is 20.1. The van der Waals surface area contributed by atoms with E-state index in [2.05, 4.69) is 15.0 Å². The minimum Gasteiger partial charge on any atom is -0.388 e. The van der Waals surface area contributed by atoms with Crippen molar-refractivity contribution >= 4 is 43.1 Å². The van der Waals surface area contributed by atoms with Gasteiger partial charge >= 0.3 is 0 Å². The van der Waals surface area contributed by atoms with Crippen LogP contribution in [0.5, 0.6) is 0 Å². The Hall–Kier alpha value is -3.04. The van der Waals surface area contributed by atoms with E-state index in [1.165, 1.54) is 30.5 Å². The molecular formula is C28H27ClF3N3O6S2. The SMILES string of the molecule is C[C@H]1CC2C[C@@H](S(=O)(=O)c3cc(C(=O)Nc4cc(F)c(F)c(F)c4)ccc3Cl)C[C@H]1[C@@]2(O)CNS(=O)(=O)c1ccccn1. The van der Waals surface area contributed by atoms with Crippen LogP contribution < -0.4 is 10.0 Å². The van der Waals surface area contributed by atoms with Crippen molar-refractivity contribution < 1.29 is 39.9 Å². The van der Waals surface area contributed by atoms with E-state index in [0.29, 0.717) is 18.6 Å². The van der Waals surface area contributed by atoms with Crippen molar-refractivity contribution in [1.29, 1.82) is 0 Å². The number of hydrogen-bond donors (Lipinski definition) is 3. The normalized spacial score (nSPS) is 25.4. The van der Waals surface area contributed by atoms with Crippen molar-refractivity contribution in [1.82, 2.24) is 9.71 Å². The standard InChI is InChI=1S/C28H27ClF3N3O6S2/c1-15-8-17-10-19(13-20(15)28(17,37)14-34-43(40,41)25-4-2-3-7-33-25)42(38,39)24-9-16(5-6-21(24)29)27(36)35-18-11-22(30)26(32)23(31)12-18/h2-7,9,11-12,15,17,19-20,34,37H,8,10,13-14H2,1H3,(H,35,36)/t15-,17?,19+,20+,28+/m0/s1. The van der Waals surface area contributed by atoms with Gasteiger partial charge in [0.1, 0.15) is 0 Å². The summed E-state index contributed by atoms with van der Waals surface area (Å²) in [5, 5.41) is 12.5. The van der Waals surface area contributed by atoms with Crippen LogP contribution in [-0.4, -0.2) is 50.2 Å². The van der Waals surface area contributed by atoms with Crippen LogP contribution in [0.15, 0.2) is 64.6 Å². The number of amides is 1. The number of sulfonamides is 1. The lowest BCUT2D eigenvalue weighted by molar-refractivity contribution is -0.0577. The molecule has 2 fully saturated rings. The number of pyridine rings is 1. The van der Waals surface area contributed by atoms with E-state index in [1.807, 2.05) is 6.92 Å². The Kier molecular flexibility index (Phi) is 8.37. The third kappa shape index (κ3) is 5.90. The molecule has 1 aromatic heterocycles. The van der Waals surface area contributed by atoms with Crippen LogP contribution in [-0.2, 0) is 19.9 Å². The molecule has 5 atom stereocenters. The fourth-order valence-corrected chi connectivity index (χ4v) is 9.64. The number of sulfone groups is 1. The zero-order valence-corrected chi connectivity index (χ0v) is 25.0. The molecule has 0 radical (unpaired) electrons. The number of nitrogens with zero attached hydrogens (tertiary/aromatic N) is 1. The summed E-state index contributed by atoms with van der Waals surface area (Å²) in [5.41, 5.74) is -2.06. The smallest absolute Gasteiger partial charge is 0.258 e. The van der Waals surface area contributed by atoms with E-state index in [0.717, 1.165) is 6.07 Å². The van der Waals surface area contributed by atoms with Crippen LogP contribution >= 0.6 is 11.6 Å². The number of benzene rings is 2. The molecule has 3 N–H and O–H groups in total. The summed E-state index contributed by atoms with van der Waals surface area (Å²) < 4.78 is 96.1. The second-order valence-electron chi connectivity index (χ2n) is 11.0. The fourth-order valence-electron chi connectivity index (χ4n) is 6.24. The Balaban J connectivity index is 1.36. The van der Waals surface area contributed by atoms with Gasteiger partial charge in [-0.1, -0.05) is 24.6 Å². The molecule has 2 aliphatic rings. The lowest BCUT2D eigenvalue weighted by Crippen LogP contribution is -2.55. The number of aliphatic hydroxyl groups is 1. The first-order valence-corrected chi connectivity index (χ1v) is 16.7. The lowest BCUT2D eigenvalue weighted by Gasteiger charge is -2.43. The Morgan fingerprint density at radius 1 is 1.05 bits per heavy atom. The van der Waals surface area contributed by atoms with Crippen molar-refractivity contribution in [2.45, 2.75) is 47.0 Å². The van der Waals surface area contributed by atoms with Gasteiger partial charge in [-0.05, 0) is 67.3 Å². The summed E-state index contributed by atoms with van der Waals surface area (Å²) in [5.74, 6) is -6.87. The highest BCUT2D eigenvalue weighted by Gasteiger charge is 2.58. The van der Waals surface area contributed by atoms with Crippen LogP contribution in [0.1, 0.15) is 36.5 Å². The summed E-state index contributed by atoms with van der Waals surface area (Å²) in [4.78, 5) is 16.3.